The molecule has 5 heteroatoms. The number of carbonyl (C=O) groups is 1. The number of hydrogen-bond acceptors (Lipinski definition) is 4. The largest absolute Gasteiger partial charge is 0.493 e. The molecule has 0 aliphatic rings. The van der Waals surface area contributed by atoms with Gasteiger partial charge in [0.05, 0.1) is 20.3 Å². The quantitative estimate of drug-likeness (QED) is 0.457. The van der Waals surface area contributed by atoms with Gasteiger partial charge in [0.2, 0.25) is 0 Å². The highest BCUT2D eigenvalue weighted by atomic mass is 35.5. The summed E-state index contributed by atoms with van der Waals surface area (Å²) in [6, 6.07) is 20.5. The summed E-state index contributed by atoms with van der Waals surface area (Å²) in [7, 11) is 3.20. The fourth-order valence-corrected chi connectivity index (χ4v) is 3.24. The number of carbonyl (C=O) groups excluding carboxylic acids is 1. The number of anilines is 1. The molecular weight excluding hydrogens is 386 g/mol. The number of nitrogens with one attached hydrogen (secondary N) is 1. The lowest BCUT2D eigenvalue weighted by Gasteiger charge is -2.21. The number of ether oxygens (including phenoxy) is 2. The summed E-state index contributed by atoms with van der Waals surface area (Å²) in [4.78, 5) is 12.9. The molecule has 0 aliphatic carbocycles. The van der Waals surface area contributed by atoms with Gasteiger partial charge in [-0.3, -0.25) is 4.79 Å². The Kier molecular flexibility index (Phi) is 6.78. The van der Waals surface area contributed by atoms with E-state index in [4.69, 9.17) is 21.1 Å². The lowest BCUT2D eigenvalue weighted by molar-refractivity contribution is 0.0976. The molecule has 3 rings (SSSR count). The van der Waals surface area contributed by atoms with Gasteiger partial charge in [-0.25, -0.2) is 0 Å². The van der Waals surface area contributed by atoms with Crippen molar-refractivity contribution in [2.75, 3.05) is 19.5 Å². The Bertz CT molecular complexity index is 968. The molecule has 0 saturated heterocycles. The predicted molar refractivity (Wildman–Crippen MR) is 117 cm³/mol. The highest BCUT2D eigenvalue weighted by molar-refractivity contribution is 6.30. The molecule has 29 heavy (non-hydrogen) atoms. The van der Waals surface area contributed by atoms with Gasteiger partial charge in [-0.1, -0.05) is 47.5 Å². The molecule has 0 fully saturated rings. The van der Waals surface area contributed by atoms with Gasteiger partial charge >= 0.3 is 0 Å². The number of benzene rings is 3. The standard InChI is InChI=1S/C24H24ClNO3/c1-16-4-6-17(7-5-16)22(27)15-21(26-20-11-9-19(25)10-12-20)18-8-13-23(28-2)24(14-18)29-3/h4-14,21,26H,15H2,1-3H3. The molecule has 4 nitrogen and oxygen atoms in total. The Hall–Kier alpha value is -2.98. The highest BCUT2D eigenvalue weighted by Gasteiger charge is 2.19. The summed E-state index contributed by atoms with van der Waals surface area (Å²) in [6.45, 7) is 2.00. The molecule has 0 aliphatic heterocycles. The number of aryl methyl sites for hydroxylation is 1. The second kappa shape index (κ2) is 9.48. The molecule has 1 unspecified atom stereocenters. The average molecular weight is 410 g/mol. The Balaban J connectivity index is 1.91. The average Bonchev–Trinajstić information content (AvgIpc) is 2.74. The van der Waals surface area contributed by atoms with Crippen LogP contribution in [-0.2, 0) is 0 Å². The second-order valence-electron chi connectivity index (χ2n) is 6.81. The van der Waals surface area contributed by atoms with E-state index in [-0.39, 0.29) is 11.8 Å². The van der Waals surface area contributed by atoms with Crippen molar-refractivity contribution in [1.82, 2.24) is 0 Å². The maximum atomic E-state index is 12.9. The highest BCUT2D eigenvalue weighted by Crippen LogP contribution is 2.33. The van der Waals surface area contributed by atoms with Gasteiger partial charge in [0.15, 0.2) is 17.3 Å². The van der Waals surface area contributed by atoms with Crippen LogP contribution in [-0.4, -0.2) is 20.0 Å². The molecule has 0 radical (unpaired) electrons. The minimum atomic E-state index is -0.246. The Morgan fingerprint density at radius 3 is 2.21 bits per heavy atom. The zero-order chi connectivity index (χ0) is 20.8. The van der Waals surface area contributed by atoms with Gasteiger partial charge in [-0.2, -0.15) is 0 Å². The van der Waals surface area contributed by atoms with Crippen molar-refractivity contribution in [3.63, 3.8) is 0 Å². The van der Waals surface area contributed by atoms with E-state index in [1.807, 2.05) is 73.7 Å². The van der Waals surface area contributed by atoms with Gasteiger partial charge in [0.25, 0.3) is 0 Å². The molecule has 3 aromatic rings. The van der Waals surface area contributed by atoms with Crippen molar-refractivity contribution in [1.29, 1.82) is 0 Å². The van der Waals surface area contributed by atoms with Crippen LogP contribution in [0.3, 0.4) is 0 Å². The van der Waals surface area contributed by atoms with Crippen LogP contribution in [0.2, 0.25) is 5.02 Å². The predicted octanol–water partition coefficient (Wildman–Crippen LogP) is 6.09. The SMILES string of the molecule is COc1ccc(C(CC(=O)c2ccc(C)cc2)Nc2ccc(Cl)cc2)cc1OC. The van der Waals surface area contributed by atoms with Crippen molar-refractivity contribution < 1.29 is 14.3 Å². The van der Waals surface area contributed by atoms with Crippen molar-refractivity contribution in [2.24, 2.45) is 0 Å². The number of halogens is 1. The third kappa shape index (κ3) is 5.30. The smallest absolute Gasteiger partial charge is 0.165 e. The lowest BCUT2D eigenvalue weighted by Crippen LogP contribution is -2.16. The Labute approximate surface area is 176 Å². The molecule has 150 valence electrons. The van der Waals surface area contributed by atoms with Crippen LogP contribution in [0.5, 0.6) is 11.5 Å². The van der Waals surface area contributed by atoms with Gasteiger partial charge in [-0.05, 0) is 48.9 Å². The van der Waals surface area contributed by atoms with Crippen molar-refractivity contribution in [3.05, 3.63) is 88.4 Å². The first kappa shape index (κ1) is 20.7. The number of methoxy groups -OCH3 is 2. The van der Waals surface area contributed by atoms with Crippen LogP contribution < -0.4 is 14.8 Å². The van der Waals surface area contributed by atoms with E-state index in [1.165, 1.54) is 0 Å². The fraction of sp³-hybridized carbons (Fsp3) is 0.208. The van der Waals surface area contributed by atoms with E-state index >= 15 is 0 Å². The third-order valence-corrected chi connectivity index (χ3v) is 5.01. The van der Waals surface area contributed by atoms with E-state index in [9.17, 15) is 4.79 Å². The van der Waals surface area contributed by atoms with E-state index in [2.05, 4.69) is 5.32 Å². The zero-order valence-corrected chi connectivity index (χ0v) is 17.5. The first-order valence-corrected chi connectivity index (χ1v) is 9.72. The van der Waals surface area contributed by atoms with Crippen LogP contribution in [0, 0.1) is 6.92 Å². The number of ketones is 1. The van der Waals surface area contributed by atoms with Crippen LogP contribution in [0.25, 0.3) is 0 Å². The molecule has 0 saturated carbocycles. The molecule has 0 heterocycles. The molecule has 1 atom stereocenters. The monoisotopic (exact) mass is 409 g/mol. The summed E-state index contributed by atoms with van der Waals surface area (Å²) in [5.41, 5.74) is 3.63. The number of rotatable bonds is 8. The van der Waals surface area contributed by atoms with Crippen molar-refractivity contribution in [2.45, 2.75) is 19.4 Å². The molecule has 0 amide bonds. The molecule has 3 aromatic carbocycles. The van der Waals surface area contributed by atoms with Crippen LogP contribution in [0.4, 0.5) is 5.69 Å². The topological polar surface area (TPSA) is 47.6 Å². The summed E-state index contributed by atoms with van der Waals surface area (Å²) >= 11 is 6.00. The zero-order valence-electron chi connectivity index (χ0n) is 16.7. The summed E-state index contributed by atoms with van der Waals surface area (Å²) in [5, 5.41) is 4.11. The summed E-state index contributed by atoms with van der Waals surface area (Å²) in [6.07, 6.45) is 0.293. The Morgan fingerprint density at radius 2 is 1.59 bits per heavy atom. The molecule has 0 spiro atoms. The molecular formula is C24H24ClNO3. The summed E-state index contributed by atoms with van der Waals surface area (Å²) < 4.78 is 10.8. The van der Waals surface area contributed by atoms with Crippen LogP contribution in [0.15, 0.2) is 66.7 Å². The molecule has 0 bridgehead atoms. The van der Waals surface area contributed by atoms with E-state index in [0.717, 1.165) is 16.8 Å². The maximum Gasteiger partial charge on any atom is 0.165 e. The van der Waals surface area contributed by atoms with E-state index in [0.29, 0.717) is 28.5 Å². The van der Waals surface area contributed by atoms with Gasteiger partial charge in [-0.15, -0.1) is 0 Å². The Morgan fingerprint density at radius 1 is 0.931 bits per heavy atom. The van der Waals surface area contributed by atoms with Gasteiger partial charge in [0, 0.05) is 22.7 Å². The third-order valence-electron chi connectivity index (χ3n) is 4.76. The van der Waals surface area contributed by atoms with E-state index < -0.39 is 0 Å². The minimum Gasteiger partial charge on any atom is -0.493 e. The fourth-order valence-electron chi connectivity index (χ4n) is 3.11. The van der Waals surface area contributed by atoms with E-state index in [1.54, 1.807) is 14.2 Å². The van der Waals surface area contributed by atoms with Crippen molar-refractivity contribution in [3.8, 4) is 11.5 Å². The number of hydrogen-bond donors (Lipinski definition) is 1. The van der Waals surface area contributed by atoms with Gasteiger partial charge in [0.1, 0.15) is 0 Å². The maximum absolute atomic E-state index is 12.9. The minimum absolute atomic E-state index is 0.0613. The molecule has 0 aromatic heterocycles. The lowest BCUT2D eigenvalue weighted by atomic mass is 9.96. The van der Waals surface area contributed by atoms with Crippen LogP contribution >= 0.6 is 11.6 Å². The van der Waals surface area contributed by atoms with Crippen molar-refractivity contribution >= 4 is 23.1 Å². The summed E-state index contributed by atoms with van der Waals surface area (Å²) in [5.74, 6) is 1.33. The number of Topliss-reactive ketones (excluding diaryl/α,β-unsaturated/α-hetero) is 1. The first-order valence-electron chi connectivity index (χ1n) is 9.34. The van der Waals surface area contributed by atoms with Crippen LogP contribution in [0.1, 0.15) is 33.9 Å². The molecule has 1 N–H and O–H groups in total. The first-order chi connectivity index (χ1) is 14.0. The normalized spacial score (nSPS) is 11.6. The second-order valence-corrected chi connectivity index (χ2v) is 7.25. The van der Waals surface area contributed by atoms with Gasteiger partial charge < -0.3 is 14.8 Å².